The molecule has 72 valence electrons. The van der Waals surface area contributed by atoms with Crippen molar-refractivity contribution >= 4 is 0 Å². The van der Waals surface area contributed by atoms with Gasteiger partial charge in [0.05, 0.1) is 0 Å². The molecule has 0 radical (unpaired) electrons. The second-order valence-electron chi connectivity index (χ2n) is 4.48. The van der Waals surface area contributed by atoms with Crippen LogP contribution < -0.4 is 0 Å². The third kappa shape index (κ3) is 1.87. The highest BCUT2D eigenvalue weighted by Gasteiger charge is 2.27. The molecule has 0 saturated heterocycles. The van der Waals surface area contributed by atoms with Crippen LogP contribution in [0.15, 0.2) is 24.3 Å². The van der Waals surface area contributed by atoms with Gasteiger partial charge in [-0.3, -0.25) is 0 Å². The fraction of sp³-hybridized carbons (Fsp3) is 0.692. The Hall–Kier alpha value is -0.520. The summed E-state index contributed by atoms with van der Waals surface area (Å²) in [6.45, 7) is 3.87. The molecule has 0 aromatic carbocycles. The van der Waals surface area contributed by atoms with E-state index in [4.69, 9.17) is 0 Å². The van der Waals surface area contributed by atoms with Gasteiger partial charge in [-0.25, -0.2) is 0 Å². The molecule has 2 aliphatic rings. The van der Waals surface area contributed by atoms with Gasteiger partial charge >= 0.3 is 0 Å². The van der Waals surface area contributed by atoms with Crippen molar-refractivity contribution in [3.63, 3.8) is 0 Å². The number of hydrogen-bond donors (Lipinski definition) is 0. The van der Waals surface area contributed by atoms with Crippen molar-refractivity contribution < 1.29 is 0 Å². The Morgan fingerprint density at radius 2 is 2.15 bits per heavy atom. The Kier molecular flexibility index (Phi) is 2.87. The van der Waals surface area contributed by atoms with Crippen LogP contribution in [0.2, 0.25) is 0 Å². The summed E-state index contributed by atoms with van der Waals surface area (Å²) in [4.78, 5) is 0. The Labute approximate surface area is 81.7 Å². The second kappa shape index (κ2) is 4.13. The van der Waals surface area contributed by atoms with Crippen molar-refractivity contribution in [3.05, 3.63) is 24.3 Å². The highest BCUT2D eigenvalue weighted by Crippen LogP contribution is 2.41. The van der Waals surface area contributed by atoms with E-state index in [1.165, 1.54) is 44.9 Å². The molecule has 0 N–H and O–H groups in total. The van der Waals surface area contributed by atoms with Crippen LogP contribution >= 0.6 is 0 Å². The quantitative estimate of drug-likeness (QED) is 0.556. The maximum absolute atomic E-state index is 3.87. The highest BCUT2D eigenvalue weighted by atomic mass is 14.3. The fourth-order valence-corrected chi connectivity index (χ4v) is 3.01. The molecular formula is C13H20. The van der Waals surface area contributed by atoms with E-state index in [1.807, 2.05) is 0 Å². The average Bonchev–Trinajstić information content (AvgIpc) is 2.19. The van der Waals surface area contributed by atoms with E-state index >= 15 is 0 Å². The van der Waals surface area contributed by atoms with E-state index in [1.54, 1.807) is 5.57 Å². The summed E-state index contributed by atoms with van der Waals surface area (Å²) < 4.78 is 0. The molecule has 0 heteroatoms. The van der Waals surface area contributed by atoms with Crippen LogP contribution in [0, 0.1) is 11.8 Å². The normalized spacial score (nSPS) is 33.4. The Balaban J connectivity index is 2.09. The van der Waals surface area contributed by atoms with Gasteiger partial charge in [0.2, 0.25) is 0 Å². The molecule has 0 aromatic heterocycles. The largest absolute Gasteiger partial charge is 0.103 e. The van der Waals surface area contributed by atoms with Gasteiger partial charge in [-0.15, -0.1) is 6.58 Å². The van der Waals surface area contributed by atoms with Crippen LogP contribution in [0.3, 0.4) is 0 Å². The molecular weight excluding hydrogens is 156 g/mol. The molecule has 13 heavy (non-hydrogen) atoms. The molecule has 2 rings (SSSR count). The lowest BCUT2D eigenvalue weighted by atomic mass is 9.71. The van der Waals surface area contributed by atoms with E-state index in [-0.39, 0.29) is 0 Å². The predicted octanol–water partition coefficient (Wildman–Crippen LogP) is 4.09. The van der Waals surface area contributed by atoms with Gasteiger partial charge in [-0.2, -0.15) is 0 Å². The molecule has 1 fully saturated rings. The Morgan fingerprint density at radius 1 is 1.31 bits per heavy atom. The molecule has 0 nitrogen and oxygen atoms in total. The third-order valence-electron chi connectivity index (χ3n) is 3.64. The summed E-state index contributed by atoms with van der Waals surface area (Å²) in [5, 5.41) is 0. The number of hydrogen-bond acceptors (Lipinski definition) is 0. The van der Waals surface area contributed by atoms with Crippen LogP contribution in [-0.2, 0) is 0 Å². The molecule has 0 aromatic rings. The summed E-state index contributed by atoms with van der Waals surface area (Å²) in [7, 11) is 0. The number of allylic oxidation sites excluding steroid dienone is 3. The first-order valence-corrected chi connectivity index (χ1v) is 5.72. The minimum absolute atomic E-state index is 0.858. The highest BCUT2D eigenvalue weighted by molar-refractivity contribution is 5.16. The van der Waals surface area contributed by atoms with Gasteiger partial charge in [-0.1, -0.05) is 24.1 Å². The van der Waals surface area contributed by atoms with Crippen molar-refractivity contribution in [2.75, 3.05) is 0 Å². The molecule has 0 amide bonds. The van der Waals surface area contributed by atoms with Crippen LogP contribution in [-0.4, -0.2) is 0 Å². The zero-order chi connectivity index (χ0) is 9.10. The van der Waals surface area contributed by atoms with Crippen molar-refractivity contribution in [2.24, 2.45) is 11.8 Å². The van der Waals surface area contributed by atoms with Gasteiger partial charge < -0.3 is 0 Å². The van der Waals surface area contributed by atoms with Gasteiger partial charge in [0.15, 0.2) is 0 Å². The van der Waals surface area contributed by atoms with Crippen molar-refractivity contribution in [1.29, 1.82) is 0 Å². The molecule has 2 aliphatic carbocycles. The van der Waals surface area contributed by atoms with Crippen LogP contribution in [0.4, 0.5) is 0 Å². The fourth-order valence-electron chi connectivity index (χ4n) is 3.01. The number of rotatable bonds is 2. The lowest BCUT2D eigenvalue weighted by Crippen LogP contribution is -2.21. The maximum atomic E-state index is 3.87. The van der Waals surface area contributed by atoms with Crippen molar-refractivity contribution in [2.45, 2.75) is 44.9 Å². The minimum Gasteiger partial charge on any atom is -0.103 e. The van der Waals surface area contributed by atoms with Gasteiger partial charge in [0, 0.05) is 0 Å². The lowest BCUT2D eigenvalue weighted by molar-refractivity contribution is 0.334. The van der Waals surface area contributed by atoms with Gasteiger partial charge in [0.25, 0.3) is 0 Å². The summed E-state index contributed by atoms with van der Waals surface area (Å²) in [6, 6.07) is 0. The van der Waals surface area contributed by atoms with E-state index in [2.05, 4.69) is 18.7 Å². The topological polar surface area (TPSA) is 0 Å². The monoisotopic (exact) mass is 176 g/mol. The predicted molar refractivity (Wildman–Crippen MR) is 57.6 cm³/mol. The van der Waals surface area contributed by atoms with Gasteiger partial charge in [-0.05, 0) is 50.4 Å². The summed E-state index contributed by atoms with van der Waals surface area (Å²) >= 11 is 0. The molecule has 0 aliphatic heterocycles. The molecule has 2 atom stereocenters. The lowest BCUT2D eigenvalue weighted by Gasteiger charge is -2.35. The SMILES string of the molecule is C=CCC1CCCC2CCCC=C12. The zero-order valence-corrected chi connectivity index (χ0v) is 8.47. The van der Waals surface area contributed by atoms with E-state index < -0.39 is 0 Å². The first-order chi connectivity index (χ1) is 6.42. The molecule has 2 unspecified atom stereocenters. The summed E-state index contributed by atoms with van der Waals surface area (Å²) in [5.41, 5.74) is 1.79. The van der Waals surface area contributed by atoms with Crippen molar-refractivity contribution in [1.82, 2.24) is 0 Å². The molecule has 0 spiro atoms. The Bertz CT molecular complexity index is 212. The Morgan fingerprint density at radius 3 is 3.00 bits per heavy atom. The van der Waals surface area contributed by atoms with E-state index in [9.17, 15) is 0 Å². The molecule has 1 saturated carbocycles. The minimum atomic E-state index is 0.858. The maximum Gasteiger partial charge on any atom is -0.0166 e. The second-order valence-corrected chi connectivity index (χ2v) is 4.48. The van der Waals surface area contributed by atoms with E-state index in [0.717, 1.165) is 11.8 Å². The van der Waals surface area contributed by atoms with Crippen LogP contribution in [0.1, 0.15) is 44.9 Å². The van der Waals surface area contributed by atoms with Crippen molar-refractivity contribution in [3.8, 4) is 0 Å². The average molecular weight is 176 g/mol. The summed E-state index contributed by atoms with van der Waals surface area (Å²) in [5.74, 6) is 1.81. The standard InChI is InChI=1S/C13H20/c1-2-6-11-8-5-9-12-7-3-4-10-13(11)12/h2,10-12H,1,3-9H2. The summed E-state index contributed by atoms with van der Waals surface area (Å²) in [6.07, 6.45) is 14.4. The number of fused-ring (bicyclic) bond motifs is 1. The van der Waals surface area contributed by atoms with Crippen LogP contribution in [0.5, 0.6) is 0 Å². The third-order valence-corrected chi connectivity index (χ3v) is 3.64. The zero-order valence-electron chi connectivity index (χ0n) is 8.47. The van der Waals surface area contributed by atoms with E-state index in [0.29, 0.717) is 0 Å². The molecule has 0 heterocycles. The van der Waals surface area contributed by atoms with Gasteiger partial charge in [0.1, 0.15) is 0 Å². The molecule has 0 bridgehead atoms. The first-order valence-electron chi connectivity index (χ1n) is 5.72. The van der Waals surface area contributed by atoms with Crippen LogP contribution in [0.25, 0.3) is 0 Å². The smallest absolute Gasteiger partial charge is 0.0166 e. The first kappa shape index (κ1) is 9.05.